The molecule has 1 heterocycles. The Morgan fingerprint density at radius 2 is 1.81 bits per heavy atom. The first-order valence-corrected chi connectivity index (χ1v) is 9.42. The molecule has 1 atom stereocenters. The molecule has 0 saturated carbocycles. The lowest BCUT2D eigenvalue weighted by Crippen LogP contribution is -2.46. The smallest absolute Gasteiger partial charge is 0.120 e. The summed E-state index contributed by atoms with van der Waals surface area (Å²) in [6.45, 7) is 3.69. The van der Waals surface area contributed by atoms with Gasteiger partial charge in [-0.15, -0.1) is 0 Å². The Bertz CT molecular complexity index is 926. The van der Waals surface area contributed by atoms with Gasteiger partial charge in [0.15, 0.2) is 0 Å². The molecule has 0 aliphatic carbocycles. The van der Waals surface area contributed by atoms with E-state index in [0.717, 1.165) is 41.7 Å². The van der Waals surface area contributed by atoms with Crippen LogP contribution in [0.3, 0.4) is 0 Å². The molecular weight excluding hydrogens is 336 g/mol. The zero-order valence-electron chi connectivity index (χ0n) is 15.9. The Morgan fingerprint density at radius 1 is 1.04 bits per heavy atom. The molecule has 4 nitrogen and oxygen atoms in total. The third kappa shape index (κ3) is 3.64. The molecule has 0 aromatic heterocycles. The number of hydrogen-bond acceptors (Lipinski definition) is 4. The fourth-order valence-electron chi connectivity index (χ4n) is 3.98. The second-order valence-electron chi connectivity index (χ2n) is 7.31. The lowest BCUT2D eigenvalue weighted by molar-refractivity contribution is 0.0831. The highest BCUT2D eigenvalue weighted by Gasteiger charge is 2.27. The van der Waals surface area contributed by atoms with Crippen LogP contribution >= 0.6 is 0 Å². The molecule has 3 aromatic carbocycles. The number of ether oxygens (including phenoxy) is 1. The summed E-state index contributed by atoms with van der Waals surface area (Å²) < 4.78 is 5.41. The van der Waals surface area contributed by atoms with E-state index in [9.17, 15) is 5.11 Å². The van der Waals surface area contributed by atoms with Crippen LogP contribution in [0.2, 0.25) is 0 Å². The van der Waals surface area contributed by atoms with Crippen LogP contribution in [0, 0.1) is 0 Å². The van der Waals surface area contributed by atoms with Gasteiger partial charge in [-0.25, -0.2) is 0 Å². The third-order valence-electron chi connectivity index (χ3n) is 5.56. The zero-order chi connectivity index (χ0) is 18.8. The van der Waals surface area contributed by atoms with Crippen molar-refractivity contribution in [3.8, 4) is 11.5 Å². The van der Waals surface area contributed by atoms with E-state index in [4.69, 9.17) is 4.74 Å². The predicted molar refractivity (Wildman–Crippen MR) is 109 cm³/mol. The lowest BCUT2D eigenvalue weighted by atomic mass is 9.98. The van der Waals surface area contributed by atoms with E-state index in [1.807, 2.05) is 18.2 Å². The van der Waals surface area contributed by atoms with E-state index in [2.05, 4.69) is 53.2 Å². The van der Waals surface area contributed by atoms with Gasteiger partial charge in [0, 0.05) is 37.8 Å². The van der Waals surface area contributed by atoms with Crippen molar-refractivity contribution in [2.75, 3.05) is 33.8 Å². The van der Waals surface area contributed by atoms with Gasteiger partial charge in [-0.3, -0.25) is 4.90 Å². The van der Waals surface area contributed by atoms with Crippen molar-refractivity contribution >= 4 is 10.8 Å². The zero-order valence-corrected chi connectivity index (χ0v) is 15.9. The van der Waals surface area contributed by atoms with Crippen molar-refractivity contribution in [3.63, 3.8) is 0 Å². The Morgan fingerprint density at radius 3 is 2.59 bits per heavy atom. The number of aromatic hydroxyl groups is 1. The second kappa shape index (κ2) is 7.59. The Kier molecular flexibility index (Phi) is 5.01. The van der Waals surface area contributed by atoms with Crippen molar-refractivity contribution in [1.82, 2.24) is 9.80 Å². The molecule has 4 rings (SSSR count). The van der Waals surface area contributed by atoms with Crippen molar-refractivity contribution in [3.05, 3.63) is 71.8 Å². The SMILES string of the molecule is COc1ccc2ccc(O)c(CN3CCN(C)C[C@H]3c3ccccc3)c2c1. The Labute approximate surface area is 160 Å². The second-order valence-corrected chi connectivity index (χ2v) is 7.31. The first-order chi connectivity index (χ1) is 13.2. The molecule has 3 aromatic rings. The Hall–Kier alpha value is -2.56. The molecule has 27 heavy (non-hydrogen) atoms. The molecular formula is C23H26N2O2. The van der Waals surface area contributed by atoms with Gasteiger partial charge in [0.25, 0.3) is 0 Å². The van der Waals surface area contributed by atoms with Crippen LogP contribution in [0.5, 0.6) is 11.5 Å². The van der Waals surface area contributed by atoms with Gasteiger partial charge in [0.2, 0.25) is 0 Å². The van der Waals surface area contributed by atoms with Crippen LogP contribution in [0.25, 0.3) is 10.8 Å². The molecule has 1 saturated heterocycles. The van der Waals surface area contributed by atoms with Gasteiger partial charge in [0.1, 0.15) is 11.5 Å². The molecule has 1 aliphatic heterocycles. The highest BCUT2D eigenvalue weighted by Crippen LogP contribution is 2.34. The van der Waals surface area contributed by atoms with Crippen molar-refractivity contribution in [2.45, 2.75) is 12.6 Å². The molecule has 0 radical (unpaired) electrons. The van der Waals surface area contributed by atoms with E-state index in [1.54, 1.807) is 13.2 Å². The molecule has 1 fully saturated rings. The van der Waals surface area contributed by atoms with Crippen LogP contribution in [0.1, 0.15) is 17.2 Å². The summed E-state index contributed by atoms with van der Waals surface area (Å²) in [6.07, 6.45) is 0. The third-order valence-corrected chi connectivity index (χ3v) is 5.56. The van der Waals surface area contributed by atoms with Crippen LogP contribution in [-0.4, -0.2) is 48.7 Å². The van der Waals surface area contributed by atoms with E-state index >= 15 is 0 Å². The molecule has 0 bridgehead atoms. The first kappa shape index (κ1) is 17.8. The maximum absolute atomic E-state index is 10.6. The minimum Gasteiger partial charge on any atom is -0.508 e. The fourth-order valence-corrected chi connectivity index (χ4v) is 3.98. The quantitative estimate of drug-likeness (QED) is 0.760. The minimum atomic E-state index is 0.310. The number of piperazine rings is 1. The number of benzene rings is 3. The predicted octanol–water partition coefficient (Wildman–Crippen LogP) is 4.04. The number of phenols is 1. The molecule has 0 spiro atoms. The summed E-state index contributed by atoms with van der Waals surface area (Å²) in [5.74, 6) is 1.16. The average Bonchev–Trinajstić information content (AvgIpc) is 2.71. The van der Waals surface area contributed by atoms with Crippen LogP contribution in [0.4, 0.5) is 0 Å². The normalized spacial score (nSPS) is 18.7. The van der Waals surface area contributed by atoms with Crippen LogP contribution in [0.15, 0.2) is 60.7 Å². The summed E-state index contributed by atoms with van der Waals surface area (Å²) in [5.41, 5.74) is 2.29. The highest BCUT2D eigenvalue weighted by atomic mass is 16.5. The van der Waals surface area contributed by atoms with Crippen molar-refractivity contribution in [2.24, 2.45) is 0 Å². The molecule has 1 N–H and O–H groups in total. The fraction of sp³-hybridized carbons (Fsp3) is 0.304. The van der Waals surface area contributed by atoms with Crippen LogP contribution in [-0.2, 0) is 6.54 Å². The molecule has 1 aliphatic rings. The molecule has 4 heteroatoms. The number of phenolic OH excluding ortho intramolecular Hbond substituents is 1. The summed E-state index contributed by atoms with van der Waals surface area (Å²) in [7, 11) is 3.85. The number of likely N-dealkylation sites (N-methyl/N-ethyl adjacent to an activating group) is 1. The summed E-state index contributed by atoms with van der Waals surface area (Å²) in [4.78, 5) is 4.85. The van der Waals surface area contributed by atoms with Crippen molar-refractivity contribution < 1.29 is 9.84 Å². The largest absolute Gasteiger partial charge is 0.508 e. The number of fused-ring (bicyclic) bond motifs is 1. The molecule has 140 valence electrons. The number of rotatable bonds is 4. The summed E-state index contributed by atoms with van der Waals surface area (Å²) in [5, 5.41) is 12.8. The standard InChI is InChI=1S/C23H26N2O2/c1-24-12-13-25(22(16-24)18-6-4-3-5-7-18)15-21-20-14-19(27-2)10-8-17(20)9-11-23(21)26/h3-11,14,22,26H,12-13,15-16H2,1-2H3/t22-/m0/s1. The summed E-state index contributed by atoms with van der Waals surface area (Å²) in [6, 6.07) is 20.8. The highest BCUT2D eigenvalue weighted by molar-refractivity contribution is 5.89. The Balaban J connectivity index is 1.72. The van der Waals surface area contributed by atoms with Gasteiger partial charge in [-0.1, -0.05) is 42.5 Å². The van der Waals surface area contributed by atoms with Crippen LogP contribution < -0.4 is 4.74 Å². The average molecular weight is 362 g/mol. The van der Waals surface area contributed by atoms with Gasteiger partial charge in [0.05, 0.1) is 7.11 Å². The van der Waals surface area contributed by atoms with Gasteiger partial charge in [-0.2, -0.15) is 0 Å². The van der Waals surface area contributed by atoms with E-state index in [1.165, 1.54) is 5.56 Å². The summed E-state index contributed by atoms with van der Waals surface area (Å²) >= 11 is 0. The van der Waals surface area contributed by atoms with E-state index < -0.39 is 0 Å². The molecule has 0 unspecified atom stereocenters. The number of hydrogen-bond donors (Lipinski definition) is 1. The monoisotopic (exact) mass is 362 g/mol. The van der Waals surface area contributed by atoms with E-state index in [0.29, 0.717) is 18.3 Å². The topological polar surface area (TPSA) is 35.9 Å². The number of nitrogens with zero attached hydrogens (tertiary/aromatic N) is 2. The van der Waals surface area contributed by atoms with E-state index in [-0.39, 0.29) is 0 Å². The number of methoxy groups -OCH3 is 1. The minimum absolute atomic E-state index is 0.310. The maximum Gasteiger partial charge on any atom is 0.120 e. The van der Waals surface area contributed by atoms with Gasteiger partial charge in [-0.05, 0) is 41.6 Å². The molecule has 0 amide bonds. The van der Waals surface area contributed by atoms with Crippen molar-refractivity contribution in [1.29, 1.82) is 0 Å². The first-order valence-electron chi connectivity index (χ1n) is 9.42. The maximum atomic E-state index is 10.6. The van der Waals surface area contributed by atoms with Gasteiger partial charge < -0.3 is 14.7 Å². The lowest BCUT2D eigenvalue weighted by Gasteiger charge is -2.40. The van der Waals surface area contributed by atoms with Gasteiger partial charge >= 0.3 is 0 Å².